The summed E-state index contributed by atoms with van der Waals surface area (Å²) in [7, 11) is 0. The van der Waals surface area contributed by atoms with Crippen LogP contribution in [-0.4, -0.2) is 17.6 Å². The molecule has 0 amide bonds. The van der Waals surface area contributed by atoms with Crippen LogP contribution in [0.2, 0.25) is 0 Å². The predicted octanol–water partition coefficient (Wildman–Crippen LogP) is 1.07. The fourth-order valence-corrected chi connectivity index (χ4v) is 0.761. The van der Waals surface area contributed by atoms with Crippen LogP contribution in [0.25, 0.3) is 0 Å². The van der Waals surface area contributed by atoms with Crippen molar-refractivity contribution in [2.45, 2.75) is 45.3 Å². The van der Waals surface area contributed by atoms with E-state index in [1.54, 1.807) is 0 Å². The summed E-state index contributed by atoms with van der Waals surface area (Å²) in [5.74, 6) is 0.125. The summed E-state index contributed by atoms with van der Waals surface area (Å²) in [5, 5.41) is 0. The minimum absolute atomic E-state index is 0.0291. The zero-order valence-corrected chi connectivity index (χ0v) is 7.96. The average Bonchev–Trinajstić information content (AvgIpc) is 2.69. The Bertz CT molecular complexity index is 185. The van der Waals surface area contributed by atoms with Crippen molar-refractivity contribution in [1.29, 1.82) is 0 Å². The lowest BCUT2D eigenvalue weighted by Crippen LogP contribution is -2.37. The fraction of sp³-hybridized carbons (Fsp3) is 0.889. The van der Waals surface area contributed by atoms with Crippen LogP contribution in [-0.2, 0) is 9.53 Å². The molecular weight excluding hydrogens is 154 g/mol. The van der Waals surface area contributed by atoms with Gasteiger partial charge in [0.2, 0.25) is 0 Å². The first-order valence-electron chi connectivity index (χ1n) is 4.46. The van der Waals surface area contributed by atoms with Crippen molar-refractivity contribution >= 4 is 5.97 Å². The first-order chi connectivity index (χ1) is 5.46. The van der Waals surface area contributed by atoms with Crippen LogP contribution in [0.4, 0.5) is 0 Å². The molecule has 0 radical (unpaired) electrons. The standard InChI is InChI=1S/C9H17NO2/c1-6(2)7(3)12-8(11)9(10)4-5-9/h6-7H,4-5,10H2,1-3H3. The first kappa shape index (κ1) is 9.52. The van der Waals surface area contributed by atoms with E-state index in [-0.39, 0.29) is 12.1 Å². The van der Waals surface area contributed by atoms with Crippen molar-refractivity contribution in [1.82, 2.24) is 0 Å². The third-order valence-corrected chi connectivity index (χ3v) is 2.43. The first-order valence-corrected chi connectivity index (χ1v) is 4.46. The minimum Gasteiger partial charge on any atom is -0.461 e. The third-order valence-electron chi connectivity index (χ3n) is 2.43. The molecule has 1 aliphatic carbocycles. The molecule has 3 heteroatoms. The Kier molecular flexibility index (Phi) is 2.42. The molecular formula is C9H17NO2. The van der Waals surface area contributed by atoms with Crippen LogP contribution in [0.1, 0.15) is 33.6 Å². The van der Waals surface area contributed by atoms with Crippen molar-refractivity contribution in [3.05, 3.63) is 0 Å². The van der Waals surface area contributed by atoms with Gasteiger partial charge in [0.25, 0.3) is 0 Å². The molecule has 0 aromatic carbocycles. The summed E-state index contributed by atoms with van der Waals surface area (Å²) < 4.78 is 5.17. The van der Waals surface area contributed by atoms with Crippen LogP contribution >= 0.6 is 0 Å². The highest BCUT2D eigenvalue weighted by Crippen LogP contribution is 2.33. The summed E-state index contributed by atoms with van der Waals surface area (Å²) in [6.07, 6.45) is 1.52. The Hall–Kier alpha value is -0.570. The van der Waals surface area contributed by atoms with Gasteiger partial charge in [-0.25, -0.2) is 0 Å². The number of rotatable bonds is 3. The van der Waals surface area contributed by atoms with Crippen LogP contribution in [0.5, 0.6) is 0 Å². The quantitative estimate of drug-likeness (QED) is 0.646. The van der Waals surface area contributed by atoms with E-state index in [2.05, 4.69) is 0 Å². The van der Waals surface area contributed by atoms with E-state index >= 15 is 0 Å². The number of esters is 1. The van der Waals surface area contributed by atoms with Gasteiger partial charge in [0.05, 0.1) is 0 Å². The molecule has 1 rings (SSSR count). The maximum atomic E-state index is 11.3. The highest BCUT2D eigenvalue weighted by Gasteiger charge is 2.48. The van der Waals surface area contributed by atoms with E-state index in [1.807, 2.05) is 20.8 Å². The van der Waals surface area contributed by atoms with Gasteiger partial charge in [-0.05, 0) is 25.7 Å². The maximum Gasteiger partial charge on any atom is 0.326 e. The van der Waals surface area contributed by atoms with Gasteiger partial charge >= 0.3 is 5.97 Å². The Labute approximate surface area is 73.3 Å². The summed E-state index contributed by atoms with van der Waals surface area (Å²) >= 11 is 0. The van der Waals surface area contributed by atoms with Crippen LogP contribution in [0.15, 0.2) is 0 Å². The molecule has 0 aromatic heterocycles. The molecule has 1 unspecified atom stereocenters. The van der Waals surface area contributed by atoms with Gasteiger partial charge in [-0.3, -0.25) is 4.79 Å². The molecule has 0 aliphatic heterocycles. The molecule has 1 fully saturated rings. The molecule has 3 nitrogen and oxygen atoms in total. The molecule has 0 bridgehead atoms. The predicted molar refractivity (Wildman–Crippen MR) is 46.5 cm³/mol. The van der Waals surface area contributed by atoms with Gasteiger partial charge in [-0.2, -0.15) is 0 Å². The van der Waals surface area contributed by atoms with E-state index in [9.17, 15) is 4.79 Å². The number of nitrogens with two attached hydrogens (primary N) is 1. The smallest absolute Gasteiger partial charge is 0.326 e. The van der Waals surface area contributed by atoms with Crippen LogP contribution in [0, 0.1) is 5.92 Å². The highest BCUT2D eigenvalue weighted by atomic mass is 16.5. The zero-order valence-electron chi connectivity index (χ0n) is 7.96. The van der Waals surface area contributed by atoms with Gasteiger partial charge in [-0.1, -0.05) is 13.8 Å². The molecule has 0 aromatic rings. The van der Waals surface area contributed by atoms with Gasteiger partial charge in [0, 0.05) is 0 Å². The van der Waals surface area contributed by atoms with E-state index in [4.69, 9.17) is 10.5 Å². The minimum atomic E-state index is -0.636. The molecule has 0 saturated heterocycles. The molecule has 12 heavy (non-hydrogen) atoms. The molecule has 1 aliphatic rings. The highest BCUT2D eigenvalue weighted by molar-refractivity contribution is 5.83. The summed E-state index contributed by atoms with van der Waals surface area (Å²) in [6, 6.07) is 0. The topological polar surface area (TPSA) is 52.3 Å². The summed E-state index contributed by atoms with van der Waals surface area (Å²) in [5.41, 5.74) is 5.03. The number of hydrogen-bond donors (Lipinski definition) is 1. The number of carbonyl (C=O) groups is 1. The van der Waals surface area contributed by atoms with Gasteiger partial charge in [-0.15, -0.1) is 0 Å². The van der Waals surface area contributed by atoms with E-state index in [0.29, 0.717) is 5.92 Å². The van der Waals surface area contributed by atoms with Crippen molar-refractivity contribution in [2.75, 3.05) is 0 Å². The Morgan fingerprint density at radius 2 is 1.92 bits per heavy atom. The lowest BCUT2D eigenvalue weighted by atomic mass is 10.1. The molecule has 70 valence electrons. The molecule has 2 N–H and O–H groups in total. The number of ether oxygens (including phenoxy) is 1. The molecule has 1 atom stereocenters. The SMILES string of the molecule is CC(C)C(C)OC(=O)C1(N)CC1. The van der Waals surface area contributed by atoms with E-state index in [0.717, 1.165) is 12.8 Å². The molecule has 0 spiro atoms. The lowest BCUT2D eigenvalue weighted by Gasteiger charge is -2.18. The summed E-state index contributed by atoms with van der Waals surface area (Å²) in [6.45, 7) is 5.94. The lowest BCUT2D eigenvalue weighted by molar-refractivity contribution is -0.153. The van der Waals surface area contributed by atoms with Crippen molar-refractivity contribution < 1.29 is 9.53 Å². The second-order valence-corrected chi connectivity index (χ2v) is 4.01. The van der Waals surface area contributed by atoms with Crippen LogP contribution in [0.3, 0.4) is 0 Å². The van der Waals surface area contributed by atoms with Crippen molar-refractivity contribution in [3.63, 3.8) is 0 Å². The van der Waals surface area contributed by atoms with Crippen LogP contribution < -0.4 is 5.73 Å². The van der Waals surface area contributed by atoms with E-state index < -0.39 is 5.54 Å². The second-order valence-electron chi connectivity index (χ2n) is 4.01. The third kappa shape index (κ3) is 1.97. The Morgan fingerprint density at radius 3 is 2.25 bits per heavy atom. The van der Waals surface area contributed by atoms with E-state index in [1.165, 1.54) is 0 Å². The van der Waals surface area contributed by atoms with Gasteiger partial charge < -0.3 is 10.5 Å². The maximum absolute atomic E-state index is 11.3. The average molecular weight is 171 g/mol. The largest absolute Gasteiger partial charge is 0.461 e. The number of hydrogen-bond acceptors (Lipinski definition) is 3. The second kappa shape index (κ2) is 3.05. The Morgan fingerprint density at radius 1 is 1.42 bits per heavy atom. The van der Waals surface area contributed by atoms with Gasteiger partial charge in [0.15, 0.2) is 0 Å². The fourth-order valence-electron chi connectivity index (χ4n) is 0.761. The Balaban J connectivity index is 2.36. The number of carbonyl (C=O) groups excluding carboxylic acids is 1. The zero-order chi connectivity index (χ0) is 9.35. The normalized spacial score (nSPS) is 22.1. The summed E-state index contributed by atoms with van der Waals surface area (Å²) in [4.78, 5) is 11.3. The van der Waals surface area contributed by atoms with Gasteiger partial charge in [0.1, 0.15) is 11.6 Å². The molecule has 1 saturated carbocycles. The van der Waals surface area contributed by atoms with Crippen molar-refractivity contribution in [2.24, 2.45) is 11.7 Å². The molecule has 0 heterocycles. The monoisotopic (exact) mass is 171 g/mol. The van der Waals surface area contributed by atoms with Crippen molar-refractivity contribution in [3.8, 4) is 0 Å².